The molecule has 0 saturated carbocycles. The van der Waals surface area contributed by atoms with Crippen LogP contribution in [0, 0.1) is 12.3 Å². The first-order valence-corrected chi connectivity index (χ1v) is 14.5. The van der Waals surface area contributed by atoms with Gasteiger partial charge in [-0.2, -0.15) is 5.01 Å². The number of unbranched alkanes of at least 4 members (excludes halogenated alkanes) is 1. The van der Waals surface area contributed by atoms with Crippen LogP contribution in [0.3, 0.4) is 0 Å². The standard InChI is InChI=1S/C29H33N7O5S/c1-3-5-11-31-29(41)34(12-4-2)35-17-25(39)36-20(13-18-9-10-21(37)22(38)14-18)27(40)33(16-24(35)36)15-19-7-6-8-23-26(19)32-28(30)42-23/h2,6-10,14,20,24,37-38H,3,5,11-13,15-17H2,1H3,(H2,30,32)(H,31,41)/t20-,24+/m0/s1. The van der Waals surface area contributed by atoms with Gasteiger partial charge < -0.3 is 31.1 Å². The quantitative estimate of drug-likeness (QED) is 0.168. The molecule has 13 heteroatoms. The maximum atomic E-state index is 14.1. The second-order valence-corrected chi connectivity index (χ2v) is 11.4. The van der Waals surface area contributed by atoms with Crippen molar-refractivity contribution >= 4 is 44.5 Å². The Kier molecular flexibility index (Phi) is 8.37. The molecular formula is C29H33N7O5S. The number of nitrogen functional groups attached to an aromatic ring is 1. The summed E-state index contributed by atoms with van der Waals surface area (Å²) in [7, 11) is 0. The summed E-state index contributed by atoms with van der Waals surface area (Å²) in [5.74, 6) is 1.30. The third-order valence-corrected chi connectivity index (χ3v) is 8.36. The van der Waals surface area contributed by atoms with Gasteiger partial charge in [-0.15, -0.1) is 6.42 Å². The number of carbonyl (C=O) groups excluding carboxylic acids is 3. The fourth-order valence-electron chi connectivity index (χ4n) is 5.49. The number of carbonyl (C=O) groups is 3. The molecule has 0 radical (unpaired) electrons. The van der Waals surface area contributed by atoms with Crippen LogP contribution in [0.4, 0.5) is 9.93 Å². The van der Waals surface area contributed by atoms with Gasteiger partial charge in [-0.05, 0) is 35.7 Å². The van der Waals surface area contributed by atoms with Crippen LogP contribution in [0.2, 0.25) is 0 Å². The first-order valence-electron chi connectivity index (χ1n) is 13.7. The second kappa shape index (κ2) is 12.1. The van der Waals surface area contributed by atoms with Gasteiger partial charge in [-0.25, -0.2) is 14.8 Å². The highest BCUT2D eigenvalue weighted by Gasteiger charge is 2.52. The number of rotatable bonds is 9. The average Bonchev–Trinajstić information content (AvgIpc) is 3.50. The molecule has 0 spiro atoms. The molecule has 2 atom stereocenters. The molecule has 0 unspecified atom stereocenters. The predicted octanol–water partition coefficient (Wildman–Crippen LogP) is 2.07. The monoisotopic (exact) mass is 591 g/mol. The molecule has 12 nitrogen and oxygen atoms in total. The van der Waals surface area contributed by atoms with E-state index in [1.165, 1.54) is 33.4 Å². The molecule has 2 aromatic carbocycles. The number of phenolic OH excluding ortho intramolecular Hbond substituents is 2. The third-order valence-electron chi connectivity index (χ3n) is 7.51. The number of para-hydroxylation sites is 1. The molecule has 1 aromatic heterocycles. The molecule has 42 heavy (non-hydrogen) atoms. The Bertz CT molecular complexity index is 1550. The topological polar surface area (TPSA) is 156 Å². The molecular weight excluding hydrogens is 558 g/mol. The number of urea groups is 1. The maximum absolute atomic E-state index is 14.1. The number of terminal acetylenes is 1. The van der Waals surface area contributed by atoms with Gasteiger partial charge in [0.2, 0.25) is 11.8 Å². The Morgan fingerprint density at radius 1 is 1.26 bits per heavy atom. The first-order chi connectivity index (χ1) is 20.2. The molecule has 5 rings (SSSR count). The normalized spacial score (nSPS) is 18.8. The van der Waals surface area contributed by atoms with E-state index in [0.29, 0.717) is 22.8 Å². The van der Waals surface area contributed by atoms with Crippen LogP contribution in [-0.4, -0.2) is 91.2 Å². The van der Waals surface area contributed by atoms with Crippen molar-refractivity contribution in [2.45, 2.75) is 44.9 Å². The van der Waals surface area contributed by atoms with Gasteiger partial charge in [0.1, 0.15) is 12.2 Å². The number of phenols is 2. The molecule has 3 aromatic rings. The van der Waals surface area contributed by atoms with E-state index in [9.17, 15) is 24.6 Å². The molecule has 0 aliphatic carbocycles. The molecule has 0 bridgehead atoms. The zero-order valence-corrected chi connectivity index (χ0v) is 24.0. The van der Waals surface area contributed by atoms with E-state index in [1.54, 1.807) is 16.0 Å². The van der Waals surface area contributed by atoms with Crippen molar-refractivity contribution in [2.75, 3.05) is 31.9 Å². The number of hydrazine groups is 1. The Morgan fingerprint density at radius 3 is 2.81 bits per heavy atom. The number of nitrogens with one attached hydrogen (secondary N) is 1. The second-order valence-electron chi connectivity index (χ2n) is 10.3. The highest BCUT2D eigenvalue weighted by molar-refractivity contribution is 7.22. The van der Waals surface area contributed by atoms with E-state index in [0.717, 1.165) is 23.1 Å². The Balaban J connectivity index is 1.50. The van der Waals surface area contributed by atoms with Crippen molar-refractivity contribution in [3.63, 3.8) is 0 Å². The van der Waals surface area contributed by atoms with Crippen LogP contribution < -0.4 is 11.1 Å². The van der Waals surface area contributed by atoms with E-state index in [-0.39, 0.29) is 55.9 Å². The minimum absolute atomic E-state index is 0.0581. The van der Waals surface area contributed by atoms with E-state index in [2.05, 4.69) is 16.2 Å². The fourth-order valence-corrected chi connectivity index (χ4v) is 6.28. The molecule has 4 amide bonds. The number of hydrogen-bond donors (Lipinski definition) is 4. The third kappa shape index (κ3) is 5.63. The summed E-state index contributed by atoms with van der Waals surface area (Å²) in [6.45, 7) is 2.62. The summed E-state index contributed by atoms with van der Waals surface area (Å²) >= 11 is 1.36. The number of fused-ring (bicyclic) bond motifs is 2. The van der Waals surface area contributed by atoms with Crippen molar-refractivity contribution < 1.29 is 24.6 Å². The number of nitrogens with two attached hydrogens (primary N) is 1. The van der Waals surface area contributed by atoms with Gasteiger partial charge in [-0.3, -0.25) is 9.59 Å². The van der Waals surface area contributed by atoms with Gasteiger partial charge in [0.25, 0.3) is 0 Å². The molecule has 2 fully saturated rings. The van der Waals surface area contributed by atoms with Crippen LogP contribution in [0.15, 0.2) is 36.4 Å². The highest BCUT2D eigenvalue weighted by Crippen LogP contribution is 2.33. The smallest absolute Gasteiger partial charge is 0.332 e. The molecule has 2 aliphatic heterocycles. The fraction of sp³-hybridized carbons (Fsp3) is 0.379. The summed E-state index contributed by atoms with van der Waals surface area (Å²) in [4.78, 5) is 48.4. The van der Waals surface area contributed by atoms with Crippen molar-refractivity contribution in [3.8, 4) is 23.8 Å². The largest absolute Gasteiger partial charge is 0.504 e. The van der Waals surface area contributed by atoms with E-state index in [1.807, 2.05) is 25.1 Å². The Hall–Kier alpha value is -4.54. The zero-order valence-electron chi connectivity index (χ0n) is 23.2. The molecule has 5 N–H and O–H groups in total. The summed E-state index contributed by atoms with van der Waals surface area (Å²) in [5, 5.41) is 26.2. The van der Waals surface area contributed by atoms with Gasteiger partial charge in [0.15, 0.2) is 16.6 Å². The maximum Gasteiger partial charge on any atom is 0.332 e. The van der Waals surface area contributed by atoms with Crippen LogP contribution in [0.25, 0.3) is 10.2 Å². The Morgan fingerprint density at radius 2 is 2.07 bits per heavy atom. The van der Waals surface area contributed by atoms with Crippen molar-refractivity contribution in [2.24, 2.45) is 0 Å². The van der Waals surface area contributed by atoms with Gasteiger partial charge >= 0.3 is 6.03 Å². The number of piperazine rings is 1. The minimum Gasteiger partial charge on any atom is -0.504 e. The predicted molar refractivity (Wildman–Crippen MR) is 158 cm³/mol. The molecule has 3 heterocycles. The van der Waals surface area contributed by atoms with Crippen molar-refractivity contribution in [3.05, 3.63) is 47.5 Å². The van der Waals surface area contributed by atoms with Crippen LogP contribution in [-0.2, 0) is 22.6 Å². The molecule has 2 aliphatic rings. The van der Waals surface area contributed by atoms with Crippen molar-refractivity contribution in [1.29, 1.82) is 0 Å². The van der Waals surface area contributed by atoms with E-state index < -0.39 is 18.2 Å². The van der Waals surface area contributed by atoms with Crippen LogP contribution >= 0.6 is 11.3 Å². The summed E-state index contributed by atoms with van der Waals surface area (Å²) < 4.78 is 0.897. The number of aromatic hydroxyl groups is 2. The average molecular weight is 592 g/mol. The highest BCUT2D eigenvalue weighted by atomic mass is 32.1. The lowest BCUT2D eigenvalue weighted by molar-refractivity contribution is -0.157. The summed E-state index contributed by atoms with van der Waals surface area (Å²) in [6, 6.07) is 8.65. The minimum atomic E-state index is -0.930. The Labute approximate surface area is 247 Å². The molecule has 220 valence electrons. The summed E-state index contributed by atoms with van der Waals surface area (Å²) in [5.41, 5.74) is 8.03. The first kappa shape index (κ1) is 29.0. The van der Waals surface area contributed by atoms with E-state index in [4.69, 9.17) is 12.2 Å². The van der Waals surface area contributed by atoms with Crippen molar-refractivity contribution in [1.82, 2.24) is 30.1 Å². The zero-order chi connectivity index (χ0) is 30.0. The van der Waals surface area contributed by atoms with Crippen LogP contribution in [0.1, 0.15) is 30.9 Å². The lowest BCUT2D eigenvalue weighted by Crippen LogP contribution is -2.66. The molecule has 2 saturated heterocycles. The number of amides is 4. The lowest BCUT2D eigenvalue weighted by atomic mass is 9.99. The van der Waals surface area contributed by atoms with Gasteiger partial charge in [0.05, 0.1) is 29.9 Å². The van der Waals surface area contributed by atoms with Gasteiger partial charge in [0, 0.05) is 19.5 Å². The lowest BCUT2D eigenvalue weighted by Gasteiger charge is -2.46. The number of hydrogen-bond acceptors (Lipinski definition) is 9. The number of aromatic nitrogens is 1. The SMILES string of the molecule is C#CCN(C(=O)NCCCC)N1CC(=O)N2[C@@H](Cc3ccc(O)c(O)c3)C(=O)N(Cc3cccc4sc(N)nc34)C[C@@H]21. The summed E-state index contributed by atoms with van der Waals surface area (Å²) in [6.07, 6.45) is 6.74. The number of benzene rings is 2. The van der Waals surface area contributed by atoms with Gasteiger partial charge in [-0.1, -0.05) is 48.8 Å². The number of thiazole rings is 1. The van der Waals surface area contributed by atoms with E-state index >= 15 is 0 Å². The van der Waals surface area contributed by atoms with Crippen LogP contribution in [0.5, 0.6) is 11.5 Å². The number of nitrogens with zero attached hydrogens (tertiary/aromatic N) is 5. The number of anilines is 1.